The number of nitrogens with one attached hydrogen (secondary N) is 2. The first-order chi connectivity index (χ1) is 11.0. The van der Waals surface area contributed by atoms with E-state index in [-0.39, 0.29) is 23.8 Å². The first-order valence-electron chi connectivity index (χ1n) is 8.03. The van der Waals surface area contributed by atoms with Crippen LogP contribution in [0.15, 0.2) is 35.1 Å². The summed E-state index contributed by atoms with van der Waals surface area (Å²) in [7, 11) is 0. The Morgan fingerprint density at radius 2 is 2.04 bits per heavy atom. The molecule has 0 spiro atoms. The third kappa shape index (κ3) is 4.93. The maximum Gasteiger partial charge on any atom is 0.251 e. The minimum absolute atomic E-state index is 0.103. The van der Waals surface area contributed by atoms with E-state index in [4.69, 9.17) is 0 Å². The molecule has 5 heteroatoms. The number of aliphatic hydroxyl groups is 1. The zero-order chi connectivity index (χ0) is 16.8. The average molecular weight is 316 g/mol. The summed E-state index contributed by atoms with van der Waals surface area (Å²) in [4.78, 5) is 26.7. The number of carbonyl (C=O) groups is 1. The number of H-pyrrole nitrogens is 1. The lowest BCUT2D eigenvalue weighted by Crippen LogP contribution is -2.29. The number of pyridine rings is 1. The number of carbonyl (C=O) groups excluding carboxylic acids is 1. The Kier molecular flexibility index (Phi) is 5.93. The van der Waals surface area contributed by atoms with Crippen LogP contribution in [0.2, 0.25) is 0 Å². The quantitative estimate of drug-likeness (QED) is 0.730. The van der Waals surface area contributed by atoms with E-state index >= 15 is 0 Å². The van der Waals surface area contributed by atoms with Crippen LogP contribution in [-0.2, 0) is 11.2 Å². The summed E-state index contributed by atoms with van der Waals surface area (Å²) in [5, 5.41) is 13.4. The lowest BCUT2D eigenvalue weighted by molar-refractivity contribution is -0.121. The highest BCUT2D eigenvalue weighted by Crippen LogP contribution is 2.11. The van der Waals surface area contributed by atoms with Gasteiger partial charge < -0.3 is 15.4 Å². The van der Waals surface area contributed by atoms with Crippen molar-refractivity contribution in [2.45, 2.75) is 39.2 Å². The number of amides is 1. The molecule has 2 aromatic rings. The van der Waals surface area contributed by atoms with Crippen molar-refractivity contribution in [3.05, 3.63) is 46.2 Å². The molecule has 1 aromatic carbocycles. The van der Waals surface area contributed by atoms with Crippen molar-refractivity contribution < 1.29 is 9.90 Å². The first-order valence-corrected chi connectivity index (χ1v) is 8.03. The molecule has 0 aliphatic carbocycles. The van der Waals surface area contributed by atoms with E-state index in [9.17, 15) is 14.7 Å². The molecule has 1 heterocycles. The third-order valence-corrected chi connectivity index (χ3v) is 3.98. The molecule has 1 unspecified atom stereocenters. The Morgan fingerprint density at radius 1 is 1.30 bits per heavy atom. The largest absolute Gasteiger partial charge is 0.393 e. The van der Waals surface area contributed by atoms with Crippen molar-refractivity contribution in [1.82, 2.24) is 10.3 Å². The Bertz CT molecular complexity index is 722. The van der Waals surface area contributed by atoms with Gasteiger partial charge in [-0.3, -0.25) is 9.59 Å². The Labute approximate surface area is 135 Å². The van der Waals surface area contributed by atoms with E-state index in [0.717, 1.165) is 10.9 Å². The van der Waals surface area contributed by atoms with Crippen LogP contribution in [0, 0.1) is 5.92 Å². The fourth-order valence-electron chi connectivity index (χ4n) is 2.41. The van der Waals surface area contributed by atoms with Gasteiger partial charge in [0.15, 0.2) is 0 Å². The molecule has 0 saturated carbocycles. The van der Waals surface area contributed by atoms with Crippen molar-refractivity contribution in [2.24, 2.45) is 5.92 Å². The molecule has 5 nitrogen and oxygen atoms in total. The summed E-state index contributed by atoms with van der Waals surface area (Å²) in [6.45, 7) is 4.34. The topological polar surface area (TPSA) is 82.2 Å². The van der Waals surface area contributed by atoms with E-state index < -0.39 is 6.10 Å². The summed E-state index contributed by atoms with van der Waals surface area (Å²) in [6.07, 6.45) is 0.802. The number of aromatic amines is 1. The highest BCUT2D eigenvalue weighted by Gasteiger charge is 2.10. The monoisotopic (exact) mass is 316 g/mol. The van der Waals surface area contributed by atoms with Gasteiger partial charge in [0.1, 0.15) is 0 Å². The lowest BCUT2D eigenvalue weighted by Gasteiger charge is -2.14. The summed E-state index contributed by atoms with van der Waals surface area (Å²) >= 11 is 0. The molecule has 1 amide bonds. The summed E-state index contributed by atoms with van der Waals surface area (Å²) in [5.41, 5.74) is 1.26. The number of aryl methyl sites for hydroxylation is 1. The van der Waals surface area contributed by atoms with Gasteiger partial charge >= 0.3 is 0 Å². The molecular formula is C18H24N2O3. The smallest absolute Gasteiger partial charge is 0.251 e. The zero-order valence-electron chi connectivity index (χ0n) is 13.6. The van der Waals surface area contributed by atoms with Crippen molar-refractivity contribution in [3.63, 3.8) is 0 Å². The number of rotatable bonds is 7. The number of aliphatic hydroxyl groups excluding tert-OH is 1. The average Bonchev–Trinajstić information content (AvgIpc) is 2.52. The van der Waals surface area contributed by atoms with E-state index in [1.165, 1.54) is 0 Å². The van der Waals surface area contributed by atoms with Gasteiger partial charge in [-0.05, 0) is 36.3 Å². The van der Waals surface area contributed by atoms with Crippen molar-refractivity contribution in [2.75, 3.05) is 6.54 Å². The highest BCUT2D eigenvalue weighted by molar-refractivity contribution is 5.79. The van der Waals surface area contributed by atoms with Crippen LogP contribution in [0.1, 0.15) is 32.3 Å². The Hall–Kier alpha value is -2.14. The fraction of sp³-hybridized carbons (Fsp3) is 0.444. The number of hydrogen-bond donors (Lipinski definition) is 3. The number of para-hydroxylation sites is 1. The van der Waals surface area contributed by atoms with Crippen LogP contribution in [0.4, 0.5) is 0 Å². The second-order valence-electron chi connectivity index (χ2n) is 6.16. The van der Waals surface area contributed by atoms with Crippen LogP contribution in [0.3, 0.4) is 0 Å². The van der Waals surface area contributed by atoms with Gasteiger partial charge in [-0.1, -0.05) is 32.0 Å². The lowest BCUT2D eigenvalue weighted by atomic mass is 10.0. The Morgan fingerprint density at radius 3 is 2.78 bits per heavy atom. The molecule has 0 bridgehead atoms. The van der Waals surface area contributed by atoms with Gasteiger partial charge in [-0.2, -0.15) is 0 Å². The zero-order valence-corrected chi connectivity index (χ0v) is 13.6. The maximum atomic E-state index is 12.0. The normalized spacial score (nSPS) is 12.5. The molecule has 0 aliphatic heterocycles. The molecule has 0 radical (unpaired) electrons. The number of benzene rings is 1. The van der Waals surface area contributed by atoms with E-state index in [2.05, 4.69) is 10.3 Å². The van der Waals surface area contributed by atoms with Crippen LogP contribution in [-0.4, -0.2) is 28.6 Å². The van der Waals surface area contributed by atoms with Gasteiger partial charge in [-0.25, -0.2) is 0 Å². The van der Waals surface area contributed by atoms with Gasteiger partial charge in [0.25, 0.3) is 5.56 Å². The summed E-state index contributed by atoms with van der Waals surface area (Å²) < 4.78 is 0. The van der Waals surface area contributed by atoms with Crippen molar-refractivity contribution in [1.29, 1.82) is 0 Å². The minimum atomic E-state index is -0.404. The molecular weight excluding hydrogens is 292 g/mol. The molecule has 0 fully saturated rings. The molecule has 23 heavy (non-hydrogen) atoms. The summed E-state index contributed by atoms with van der Waals surface area (Å²) in [6, 6.07) is 9.41. The predicted molar refractivity (Wildman–Crippen MR) is 91.4 cm³/mol. The molecule has 124 valence electrons. The fourth-order valence-corrected chi connectivity index (χ4v) is 2.41. The second kappa shape index (κ2) is 7.92. The van der Waals surface area contributed by atoms with Crippen LogP contribution >= 0.6 is 0 Å². The summed E-state index contributed by atoms with van der Waals surface area (Å²) in [5.74, 6) is 0.0802. The van der Waals surface area contributed by atoms with Gasteiger partial charge in [0, 0.05) is 24.0 Å². The molecule has 0 aliphatic rings. The SMILES string of the molecule is CC(C)C(O)CCNC(=O)CCc1cc2ccccc2[nH]c1=O. The molecule has 1 atom stereocenters. The minimum Gasteiger partial charge on any atom is -0.393 e. The van der Waals surface area contributed by atoms with Gasteiger partial charge in [-0.15, -0.1) is 0 Å². The maximum absolute atomic E-state index is 12.0. The van der Waals surface area contributed by atoms with Crippen molar-refractivity contribution >= 4 is 16.8 Å². The van der Waals surface area contributed by atoms with Crippen LogP contribution in [0.25, 0.3) is 10.9 Å². The van der Waals surface area contributed by atoms with Crippen molar-refractivity contribution in [3.8, 4) is 0 Å². The Balaban J connectivity index is 1.87. The molecule has 2 rings (SSSR count). The number of fused-ring (bicyclic) bond motifs is 1. The molecule has 1 aromatic heterocycles. The second-order valence-corrected chi connectivity index (χ2v) is 6.16. The van der Waals surface area contributed by atoms with E-state index in [1.807, 2.05) is 44.2 Å². The molecule has 0 saturated heterocycles. The van der Waals surface area contributed by atoms with Gasteiger partial charge in [0.05, 0.1) is 6.10 Å². The van der Waals surface area contributed by atoms with Crippen LogP contribution < -0.4 is 10.9 Å². The molecule has 3 N–H and O–H groups in total. The highest BCUT2D eigenvalue weighted by atomic mass is 16.3. The van der Waals surface area contributed by atoms with Crippen LogP contribution in [0.5, 0.6) is 0 Å². The number of hydrogen-bond acceptors (Lipinski definition) is 3. The number of aromatic nitrogens is 1. The standard InChI is InChI=1S/C18H24N2O3/c1-12(2)16(21)9-10-19-17(22)8-7-14-11-13-5-3-4-6-15(13)20-18(14)23/h3-6,11-12,16,21H,7-10H2,1-2H3,(H,19,22)(H,20,23). The predicted octanol–water partition coefficient (Wildman–Crippen LogP) is 1.98. The third-order valence-electron chi connectivity index (χ3n) is 3.98. The van der Waals surface area contributed by atoms with E-state index in [0.29, 0.717) is 24.9 Å². The first kappa shape index (κ1) is 17.2. The van der Waals surface area contributed by atoms with E-state index in [1.54, 1.807) is 0 Å². The van der Waals surface area contributed by atoms with Gasteiger partial charge in [0.2, 0.25) is 5.91 Å².